The number of aromatic nitrogens is 1. The van der Waals surface area contributed by atoms with Gasteiger partial charge in [-0.15, -0.1) is 0 Å². The molecule has 0 aliphatic carbocycles. The normalized spacial score (nSPS) is 10.9. The maximum absolute atomic E-state index is 13.3. The molecule has 1 heterocycles. The zero-order valence-corrected chi connectivity index (χ0v) is 21.2. The van der Waals surface area contributed by atoms with Crippen LogP contribution in [-0.2, 0) is 22.7 Å². The fourth-order valence-electron chi connectivity index (χ4n) is 4.10. The predicted molar refractivity (Wildman–Crippen MR) is 136 cm³/mol. The lowest BCUT2D eigenvalue weighted by Gasteiger charge is -2.28. The van der Waals surface area contributed by atoms with Crippen LogP contribution in [0.25, 0.3) is 0 Å². The third-order valence-electron chi connectivity index (χ3n) is 6.01. The van der Waals surface area contributed by atoms with Gasteiger partial charge in [0, 0.05) is 37.9 Å². The van der Waals surface area contributed by atoms with Gasteiger partial charge in [0.25, 0.3) is 0 Å². The van der Waals surface area contributed by atoms with Gasteiger partial charge < -0.3 is 14.4 Å². The zero-order valence-electron chi connectivity index (χ0n) is 21.2. The summed E-state index contributed by atoms with van der Waals surface area (Å²) < 4.78 is 2.22. The van der Waals surface area contributed by atoms with Crippen LogP contribution in [0.3, 0.4) is 0 Å². The molecule has 0 aliphatic rings. The summed E-state index contributed by atoms with van der Waals surface area (Å²) in [5.41, 5.74) is 3.63. The van der Waals surface area contributed by atoms with Crippen molar-refractivity contribution in [2.24, 2.45) is 0 Å². The number of rotatable bonds is 15. The van der Waals surface area contributed by atoms with E-state index in [-0.39, 0.29) is 18.4 Å². The molecule has 0 bridgehead atoms. The topological polar surface area (TPSA) is 45.6 Å². The second-order valence-electron chi connectivity index (χ2n) is 9.06. The maximum atomic E-state index is 13.3. The lowest BCUT2D eigenvalue weighted by Crippen LogP contribution is -2.43. The Kier molecular flexibility index (Phi) is 11.8. The molecule has 2 rings (SSSR count). The predicted octanol–water partition coefficient (Wildman–Crippen LogP) is 5.79. The van der Waals surface area contributed by atoms with Gasteiger partial charge in [-0.25, -0.2) is 0 Å². The highest BCUT2D eigenvalue weighted by molar-refractivity contribution is 5.84. The molecule has 0 unspecified atom stereocenters. The Morgan fingerprint density at radius 3 is 2.33 bits per heavy atom. The van der Waals surface area contributed by atoms with Crippen molar-refractivity contribution in [3.8, 4) is 0 Å². The molecule has 2 amide bonds. The first-order valence-electron chi connectivity index (χ1n) is 12.7. The molecule has 0 spiro atoms. The summed E-state index contributed by atoms with van der Waals surface area (Å²) in [4.78, 5) is 29.8. The molecule has 2 aromatic rings. The largest absolute Gasteiger partial charge is 0.345 e. The number of hydrogen-bond donors (Lipinski definition) is 0. The van der Waals surface area contributed by atoms with Crippen LogP contribution in [0.5, 0.6) is 0 Å². The van der Waals surface area contributed by atoms with E-state index in [1.165, 1.54) is 11.1 Å². The number of benzene rings is 1. The Morgan fingerprint density at radius 2 is 1.64 bits per heavy atom. The molecule has 5 heteroatoms. The van der Waals surface area contributed by atoms with Crippen molar-refractivity contribution in [2.45, 2.75) is 85.7 Å². The number of hydrogen-bond acceptors (Lipinski definition) is 2. The minimum absolute atomic E-state index is 0.0454. The first-order chi connectivity index (χ1) is 16.0. The molecule has 33 heavy (non-hydrogen) atoms. The maximum Gasteiger partial charge on any atom is 0.242 e. The second-order valence-corrected chi connectivity index (χ2v) is 9.06. The van der Waals surface area contributed by atoms with Crippen LogP contribution in [0.2, 0.25) is 0 Å². The average molecular weight is 454 g/mol. The van der Waals surface area contributed by atoms with Crippen LogP contribution in [0, 0.1) is 6.92 Å². The molecule has 0 saturated carbocycles. The van der Waals surface area contributed by atoms with Crippen molar-refractivity contribution < 1.29 is 9.59 Å². The van der Waals surface area contributed by atoms with Gasteiger partial charge in [-0.05, 0) is 43.9 Å². The third kappa shape index (κ3) is 9.07. The van der Waals surface area contributed by atoms with E-state index in [0.717, 1.165) is 57.3 Å². The van der Waals surface area contributed by atoms with Gasteiger partial charge in [-0.3, -0.25) is 9.59 Å². The second kappa shape index (κ2) is 14.6. The molecule has 0 radical (unpaired) electrons. The van der Waals surface area contributed by atoms with E-state index in [1.54, 1.807) is 4.90 Å². The molecule has 0 fully saturated rings. The number of carbonyl (C=O) groups excluding carboxylic acids is 2. The molecule has 0 N–H and O–H groups in total. The number of aryl methyl sites for hydroxylation is 1. The number of unbranched alkanes of at least 4 members (excludes halogenated alkanes) is 3. The minimum atomic E-state index is 0.0454. The van der Waals surface area contributed by atoms with E-state index in [0.29, 0.717) is 19.5 Å². The van der Waals surface area contributed by atoms with Crippen LogP contribution in [0.1, 0.15) is 82.5 Å². The first kappa shape index (κ1) is 26.7. The van der Waals surface area contributed by atoms with Gasteiger partial charge in [0.15, 0.2) is 0 Å². The Morgan fingerprint density at radius 1 is 0.848 bits per heavy atom. The lowest BCUT2D eigenvalue weighted by atomic mass is 10.1. The molecule has 1 aromatic carbocycles. The van der Waals surface area contributed by atoms with Gasteiger partial charge >= 0.3 is 0 Å². The minimum Gasteiger partial charge on any atom is -0.345 e. The van der Waals surface area contributed by atoms with E-state index >= 15 is 0 Å². The van der Waals surface area contributed by atoms with Crippen molar-refractivity contribution >= 4 is 11.8 Å². The summed E-state index contributed by atoms with van der Waals surface area (Å²) in [6.07, 6.45) is 8.52. The average Bonchev–Trinajstić information content (AvgIpc) is 3.22. The monoisotopic (exact) mass is 453 g/mol. The van der Waals surface area contributed by atoms with E-state index in [2.05, 4.69) is 68.8 Å². The molecule has 182 valence electrons. The van der Waals surface area contributed by atoms with Crippen molar-refractivity contribution in [1.82, 2.24) is 14.4 Å². The van der Waals surface area contributed by atoms with E-state index in [9.17, 15) is 9.59 Å². The Bertz CT molecular complexity index is 858. The molecule has 0 atom stereocenters. The summed E-state index contributed by atoms with van der Waals surface area (Å²) in [7, 11) is 0. The lowest BCUT2D eigenvalue weighted by molar-refractivity contribution is -0.141. The van der Waals surface area contributed by atoms with Crippen molar-refractivity contribution in [1.29, 1.82) is 0 Å². The van der Waals surface area contributed by atoms with Crippen molar-refractivity contribution in [3.05, 3.63) is 59.4 Å². The number of amides is 2. The summed E-state index contributed by atoms with van der Waals surface area (Å²) in [6.45, 7) is 11.3. The van der Waals surface area contributed by atoms with Crippen LogP contribution >= 0.6 is 0 Å². The molecular weight excluding hydrogens is 410 g/mol. The Hall–Kier alpha value is -2.56. The van der Waals surface area contributed by atoms with Crippen LogP contribution in [0.15, 0.2) is 42.6 Å². The van der Waals surface area contributed by atoms with Gasteiger partial charge in [0.1, 0.15) is 0 Å². The van der Waals surface area contributed by atoms with Crippen molar-refractivity contribution in [2.75, 3.05) is 19.6 Å². The summed E-state index contributed by atoms with van der Waals surface area (Å²) in [5.74, 6) is 0.154. The molecule has 0 saturated heterocycles. The van der Waals surface area contributed by atoms with Crippen LogP contribution < -0.4 is 0 Å². The molecule has 0 aliphatic heterocycles. The number of nitrogens with zero attached hydrogens (tertiary/aromatic N) is 3. The van der Waals surface area contributed by atoms with Crippen LogP contribution in [0.4, 0.5) is 0 Å². The standard InChI is InChI=1S/C28H43N3O2/c1-5-8-10-16-27(32)30(17-7-3)23-28(33)31(18-9-6-2)22-26-15-12-19-29(26)21-25-14-11-13-24(4)20-25/h11-15,19-20H,5-10,16-18,21-23H2,1-4H3. The third-order valence-corrected chi connectivity index (χ3v) is 6.01. The summed E-state index contributed by atoms with van der Waals surface area (Å²) in [5, 5.41) is 0. The molecular formula is C28H43N3O2. The van der Waals surface area contributed by atoms with Gasteiger partial charge in [-0.2, -0.15) is 0 Å². The number of carbonyl (C=O) groups is 2. The summed E-state index contributed by atoms with van der Waals surface area (Å²) >= 11 is 0. The van der Waals surface area contributed by atoms with E-state index in [4.69, 9.17) is 0 Å². The highest BCUT2D eigenvalue weighted by Gasteiger charge is 2.21. The van der Waals surface area contributed by atoms with Gasteiger partial charge in [0.05, 0.1) is 13.1 Å². The first-order valence-corrected chi connectivity index (χ1v) is 12.7. The highest BCUT2D eigenvalue weighted by atomic mass is 16.2. The van der Waals surface area contributed by atoms with E-state index in [1.807, 2.05) is 11.0 Å². The van der Waals surface area contributed by atoms with Gasteiger partial charge in [0.2, 0.25) is 11.8 Å². The van der Waals surface area contributed by atoms with E-state index < -0.39 is 0 Å². The molecule has 5 nitrogen and oxygen atoms in total. The Labute approximate surface area is 200 Å². The van der Waals surface area contributed by atoms with Crippen molar-refractivity contribution in [3.63, 3.8) is 0 Å². The highest BCUT2D eigenvalue weighted by Crippen LogP contribution is 2.14. The quantitative estimate of drug-likeness (QED) is 0.320. The van der Waals surface area contributed by atoms with Gasteiger partial charge in [-0.1, -0.05) is 69.9 Å². The smallest absolute Gasteiger partial charge is 0.242 e. The fraction of sp³-hybridized carbons (Fsp3) is 0.571. The summed E-state index contributed by atoms with van der Waals surface area (Å²) in [6, 6.07) is 12.7. The SMILES string of the molecule is CCCCCC(=O)N(CCC)CC(=O)N(CCCC)Cc1cccn1Cc1cccc(C)c1. The Balaban J connectivity index is 2.09. The zero-order chi connectivity index (χ0) is 24.1. The van der Waals surface area contributed by atoms with Crippen LogP contribution in [-0.4, -0.2) is 45.8 Å². The fourth-order valence-corrected chi connectivity index (χ4v) is 4.10. The molecule has 1 aromatic heterocycles.